The van der Waals surface area contributed by atoms with Gasteiger partial charge in [0.15, 0.2) is 0 Å². The Balaban J connectivity index is 2.56. The van der Waals surface area contributed by atoms with Crippen LogP contribution in [0, 0.1) is 0 Å². The Bertz CT molecular complexity index is 336. The predicted molar refractivity (Wildman–Crippen MR) is 65.9 cm³/mol. The van der Waals surface area contributed by atoms with E-state index in [1.54, 1.807) is 25.1 Å². The van der Waals surface area contributed by atoms with Gasteiger partial charge in [0.1, 0.15) is 0 Å². The lowest BCUT2D eigenvalue weighted by Crippen LogP contribution is -2.40. The van der Waals surface area contributed by atoms with E-state index in [1.807, 2.05) is 0 Å². The highest BCUT2D eigenvalue weighted by molar-refractivity contribution is 6.35. The maximum Gasteiger partial charge on any atom is 0.0972 e. The molecule has 0 spiro atoms. The van der Waals surface area contributed by atoms with Crippen LogP contribution in [0.4, 0.5) is 0 Å². The van der Waals surface area contributed by atoms with Crippen LogP contribution in [0.25, 0.3) is 0 Å². The van der Waals surface area contributed by atoms with Gasteiger partial charge >= 0.3 is 0 Å². The van der Waals surface area contributed by atoms with Gasteiger partial charge in [0.25, 0.3) is 0 Å². The monoisotopic (exact) mass is 263 g/mol. The maximum absolute atomic E-state index is 9.56. The third kappa shape index (κ3) is 3.92. The molecule has 3 nitrogen and oxygen atoms in total. The van der Waals surface area contributed by atoms with Gasteiger partial charge in [-0.2, -0.15) is 0 Å². The number of hydrogen-bond acceptors (Lipinski definition) is 3. The molecule has 0 heterocycles. The highest BCUT2D eigenvalue weighted by atomic mass is 35.5. The van der Waals surface area contributed by atoms with Crippen molar-refractivity contribution in [3.8, 4) is 0 Å². The minimum Gasteiger partial charge on any atom is -0.393 e. The molecule has 0 fully saturated rings. The van der Waals surface area contributed by atoms with Crippen molar-refractivity contribution in [2.45, 2.75) is 19.1 Å². The number of halogens is 2. The van der Waals surface area contributed by atoms with E-state index in [0.29, 0.717) is 16.6 Å². The predicted octanol–water partition coefficient (Wildman–Crippen LogP) is 1.83. The molecule has 1 unspecified atom stereocenters. The lowest BCUT2D eigenvalue weighted by Gasteiger charge is -2.21. The fourth-order valence-electron chi connectivity index (χ4n) is 1.21. The van der Waals surface area contributed by atoms with Crippen molar-refractivity contribution in [1.82, 2.24) is 5.32 Å². The molecule has 5 heteroatoms. The zero-order valence-electron chi connectivity index (χ0n) is 9.00. The third-order valence-electron chi connectivity index (χ3n) is 2.21. The summed E-state index contributed by atoms with van der Waals surface area (Å²) in [5.41, 5.74) is -0.340. The van der Waals surface area contributed by atoms with Gasteiger partial charge in [-0.3, -0.25) is 0 Å². The summed E-state index contributed by atoms with van der Waals surface area (Å²) in [6.45, 7) is 1.98. The average molecular weight is 264 g/mol. The number of nitrogens with one attached hydrogen (secondary N) is 1. The summed E-state index contributed by atoms with van der Waals surface area (Å²) < 4.78 is 0. The molecule has 0 bridgehead atoms. The molecule has 0 radical (unpaired) electrons. The minimum absolute atomic E-state index is 0.269. The molecule has 1 atom stereocenters. The smallest absolute Gasteiger partial charge is 0.0972 e. The van der Waals surface area contributed by atoms with Crippen molar-refractivity contribution in [3.63, 3.8) is 0 Å². The quantitative estimate of drug-likeness (QED) is 0.760. The Kier molecular flexibility index (Phi) is 5.02. The van der Waals surface area contributed by atoms with E-state index < -0.39 is 5.60 Å². The first kappa shape index (κ1) is 13.7. The van der Waals surface area contributed by atoms with Crippen molar-refractivity contribution in [1.29, 1.82) is 0 Å². The zero-order valence-corrected chi connectivity index (χ0v) is 10.5. The molecule has 0 saturated carbocycles. The van der Waals surface area contributed by atoms with Gasteiger partial charge in [0.2, 0.25) is 0 Å². The second-order valence-corrected chi connectivity index (χ2v) is 4.77. The Labute approximate surface area is 105 Å². The molecule has 0 aliphatic rings. The van der Waals surface area contributed by atoms with Gasteiger partial charge in [-0.25, -0.2) is 0 Å². The second-order valence-electron chi connectivity index (χ2n) is 3.96. The normalized spacial score (nSPS) is 14.8. The number of aliphatic hydroxyl groups excluding tert-OH is 1. The zero-order chi connectivity index (χ0) is 12.2. The molecule has 1 rings (SSSR count). The number of rotatable bonds is 5. The molecule has 0 aliphatic carbocycles. The standard InChI is InChI=1S/C11H15Cl2NO2/c1-11(16,7-15)6-14-5-8-9(12)3-2-4-10(8)13/h2-4,14-16H,5-7H2,1H3. The fraction of sp³-hybridized carbons (Fsp3) is 0.455. The topological polar surface area (TPSA) is 52.5 Å². The summed E-state index contributed by atoms with van der Waals surface area (Å²) in [6.07, 6.45) is 0. The van der Waals surface area contributed by atoms with Gasteiger partial charge in [0, 0.05) is 28.7 Å². The van der Waals surface area contributed by atoms with E-state index in [4.69, 9.17) is 28.3 Å². The molecular weight excluding hydrogens is 249 g/mol. The van der Waals surface area contributed by atoms with Crippen molar-refractivity contribution in [3.05, 3.63) is 33.8 Å². The van der Waals surface area contributed by atoms with Crippen LogP contribution in [0.5, 0.6) is 0 Å². The lowest BCUT2D eigenvalue weighted by atomic mass is 10.1. The van der Waals surface area contributed by atoms with Crippen molar-refractivity contribution >= 4 is 23.2 Å². The second kappa shape index (κ2) is 5.84. The minimum atomic E-state index is -1.13. The third-order valence-corrected chi connectivity index (χ3v) is 2.92. The van der Waals surface area contributed by atoms with Crippen molar-refractivity contribution in [2.75, 3.05) is 13.2 Å². The van der Waals surface area contributed by atoms with Crippen LogP contribution in [0.15, 0.2) is 18.2 Å². The molecule has 0 aromatic heterocycles. The van der Waals surface area contributed by atoms with Crippen LogP contribution in [0.1, 0.15) is 12.5 Å². The molecule has 90 valence electrons. The average Bonchev–Trinajstić information content (AvgIpc) is 2.22. The Hall–Kier alpha value is -0.320. The summed E-state index contributed by atoms with van der Waals surface area (Å²) in [6, 6.07) is 5.29. The van der Waals surface area contributed by atoms with Gasteiger partial charge in [-0.05, 0) is 19.1 Å². The van der Waals surface area contributed by atoms with Crippen LogP contribution in [0.2, 0.25) is 10.0 Å². The number of aliphatic hydroxyl groups is 2. The number of benzene rings is 1. The highest BCUT2D eigenvalue weighted by Gasteiger charge is 2.18. The summed E-state index contributed by atoms with van der Waals surface area (Å²) in [4.78, 5) is 0. The summed E-state index contributed by atoms with van der Waals surface area (Å²) in [5.74, 6) is 0. The fourth-order valence-corrected chi connectivity index (χ4v) is 1.74. The Morgan fingerprint density at radius 2 is 1.88 bits per heavy atom. The molecule has 16 heavy (non-hydrogen) atoms. The molecule has 0 saturated heterocycles. The molecular formula is C11H15Cl2NO2. The van der Waals surface area contributed by atoms with Gasteiger partial charge < -0.3 is 15.5 Å². The van der Waals surface area contributed by atoms with Crippen LogP contribution < -0.4 is 5.32 Å². The summed E-state index contributed by atoms with van der Waals surface area (Å²) in [5, 5.41) is 22.6. The van der Waals surface area contributed by atoms with Crippen LogP contribution in [-0.4, -0.2) is 29.0 Å². The summed E-state index contributed by atoms with van der Waals surface area (Å²) in [7, 11) is 0. The Morgan fingerprint density at radius 3 is 2.38 bits per heavy atom. The van der Waals surface area contributed by atoms with Gasteiger partial charge in [-0.15, -0.1) is 0 Å². The van der Waals surface area contributed by atoms with Crippen LogP contribution >= 0.6 is 23.2 Å². The van der Waals surface area contributed by atoms with Crippen LogP contribution in [0.3, 0.4) is 0 Å². The lowest BCUT2D eigenvalue weighted by molar-refractivity contribution is 0.00254. The number of hydrogen-bond donors (Lipinski definition) is 3. The largest absolute Gasteiger partial charge is 0.393 e. The first-order valence-electron chi connectivity index (χ1n) is 4.93. The van der Waals surface area contributed by atoms with Crippen molar-refractivity contribution < 1.29 is 10.2 Å². The van der Waals surface area contributed by atoms with Gasteiger partial charge in [0.05, 0.1) is 12.2 Å². The SMILES string of the molecule is CC(O)(CO)CNCc1c(Cl)cccc1Cl. The van der Waals surface area contributed by atoms with E-state index in [-0.39, 0.29) is 13.2 Å². The van der Waals surface area contributed by atoms with Gasteiger partial charge in [-0.1, -0.05) is 29.3 Å². The van der Waals surface area contributed by atoms with E-state index in [1.165, 1.54) is 0 Å². The van der Waals surface area contributed by atoms with Crippen molar-refractivity contribution in [2.24, 2.45) is 0 Å². The van der Waals surface area contributed by atoms with E-state index >= 15 is 0 Å². The van der Waals surface area contributed by atoms with E-state index in [9.17, 15) is 5.11 Å². The molecule has 3 N–H and O–H groups in total. The molecule has 0 amide bonds. The van der Waals surface area contributed by atoms with Crippen LogP contribution in [-0.2, 0) is 6.54 Å². The van der Waals surface area contributed by atoms with E-state index in [2.05, 4.69) is 5.32 Å². The van der Waals surface area contributed by atoms with E-state index in [0.717, 1.165) is 5.56 Å². The first-order chi connectivity index (χ1) is 7.46. The first-order valence-corrected chi connectivity index (χ1v) is 5.69. The maximum atomic E-state index is 9.56. The molecule has 1 aromatic carbocycles. The Morgan fingerprint density at radius 1 is 1.31 bits per heavy atom. The summed E-state index contributed by atoms with van der Waals surface area (Å²) >= 11 is 12.0. The molecule has 0 aliphatic heterocycles. The highest BCUT2D eigenvalue weighted by Crippen LogP contribution is 2.23. The molecule has 1 aromatic rings.